The van der Waals surface area contributed by atoms with Crippen LogP contribution in [0.3, 0.4) is 0 Å². The van der Waals surface area contributed by atoms with Gasteiger partial charge in [0.15, 0.2) is 5.16 Å². The van der Waals surface area contributed by atoms with Gasteiger partial charge >= 0.3 is 5.97 Å². The van der Waals surface area contributed by atoms with Crippen LogP contribution in [-0.2, 0) is 4.79 Å². The van der Waals surface area contributed by atoms with Crippen molar-refractivity contribution < 1.29 is 9.90 Å². The zero-order valence-electron chi connectivity index (χ0n) is 9.50. The molecule has 5 nitrogen and oxygen atoms in total. The maximum absolute atomic E-state index is 10.6. The average Bonchev–Trinajstić information content (AvgIpc) is 2.74. The molecule has 0 aliphatic rings. The summed E-state index contributed by atoms with van der Waals surface area (Å²) >= 11 is 4.55. The van der Waals surface area contributed by atoms with Crippen molar-refractivity contribution in [1.29, 1.82) is 0 Å². The summed E-state index contributed by atoms with van der Waals surface area (Å²) in [5, 5.41) is 17.0. The van der Waals surface area contributed by atoms with Crippen molar-refractivity contribution in [1.82, 2.24) is 14.8 Å². The fourth-order valence-corrected chi connectivity index (χ4v) is 2.62. The van der Waals surface area contributed by atoms with Gasteiger partial charge in [0.2, 0.25) is 0 Å². The van der Waals surface area contributed by atoms with Crippen LogP contribution >= 0.6 is 27.7 Å². The van der Waals surface area contributed by atoms with Crippen LogP contribution < -0.4 is 0 Å². The van der Waals surface area contributed by atoms with Gasteiger partial charge in [-0.25, -0.2) is 0 Å². The van der Waals surface area contributed by atoms with Crippen molar-refractivity contribution in [3.05, 3.63) is 34.6 Å². The number of hydrogen-bond acceptors (Lipinski definition) is 4. The first-order chi connectivity index (χ1) is 8.58. The Morgan fingerprint density at radius 3 is 3.00 bits per heavy atom. The maximum Gasteiger partial charge on any atom is 0.313 e. The highest BCUT2D eigenvalue weighted by atomic mass is 79.9. The van der Waals surface area contributed by atoms with Crippen LogP contribution in [0, 0.1) is 6.92 Å². The molecule has 0 saturated heterocycles. The zero-order valence-corrected chi connectivity index (χ0v) is 11.9. The third kappa shape index (κ3) is 2.91. The van der Waals surface area contributed by atoms with Crippen LogP contribution in [0.1, 0.15) is 5.56 Å². The van der Waals surface area contributed by atoms with Crippen LogP contribution in [0.25, 0.3) is 5.69 Å². The molecule has 0 aliphatic heterocycles. The van der Waals surface area contributed by atoms with Gasteiger partial charge in [-0.05, 0) is 30.7 Å². The number of halogens is 1. The molecule has 94 valence electrons. The molecule has 0 atom stereocenters. The van der Waals surface area contributed by atoms with E-state index in [9.17, 15) is 4.79 Å². The molecule has 0 unspecified atom stereocenters. The number of aliphatic carboxylic acids is 1. The number of carboxylic acid groups (broad SMARTS) is 1. The number of aryl methyl sites for hydroxylation is 1. The molecular formula is C11H10BrN3O2S. The number of thioether (sulfide) groups is 1. The quantitative estimate of drug-likeness (QED) is 0.874. The van der Waals surface area contributed by atoms with Gasteiger partial charge in [0, 0.05) is 4.47 Å². The minimum absolute atomic E-state index is 0.0335. The second-order valence-electron chi connectivity index (χ2n) is 3.60. The molecule has 0 radical (unpaired) electrons. The monoisotopic (exact) mass is 327 g/mol. The number of carbonyl (C=O) groups is 1. The Hall–Kier alpha value is -1.34. The molecule has 0 bridgehead atoms. The largest absolute Gasteiger partial charge is 0.481 e. The fourth-order valence-electron chi connectivity index (χ4n) is 1.50. The summed E-state index contributed by atoms with van der Waals surface area (Å²) < 4.78 is 2.78. The molecule has 1 N–H and O–H groups in total. The van der Waals surface area contributed by atoms with Crippen molar-refractivity contribution in [2.75, 3.05) is 5.75 Å². The Labute approximate surface area is 116 Å². The number of carboxylic acids is 1. The van der Waals surface area contributed by atoms with Crippen LogP contribution in [0.5, 0.6) is 0 Å². The molecule has 0 fully saturated rings. The first-order valence-corrected chi connectivity index (χ1v) is 6.87. The highest BCUT2D eigenvalue weighted by molar-refractivity contribution is 9.10. The van der Waals surface area contributed by atoms with Gasteiger partial charge in [-0.15, -0.1) is 10.2 Å². The van der Waals surface area contributed by atoms with Gasteiger partial charge in [0.05, 0.1) is 11.4 Å². The fraction of sp³-hybridized carbons (Fsp3) is 0.182. The standard InChI is InChI=1S/C11H10BrN3O2S/c1-7-4-8(12)2-3-9(7)15-6-13-14-11(15)18-5-10(16)17/h2-4,6H,5H2,1H3,(H,16,17). The minimum Gasteiger partial charge on any atom is -0.481 e. The SMILES string of the molecule is Cc1cc(Br)ccc1-n1cnnc1SCC(=O)O. The van der Waals surface area contributed by atoms with E-state index < -0.39 is 5.97 Å². The molecule has 0 spiro atoms. The molecule has 1 aromatic heterocycles. The Bertz CT molecular complexity index is 585. The summed E-state index contributed by atoms with van der Waals surface area (Å²) in [6.07, 6.45) is 1.58. The van der Waals surface area contributed by atoms with Gasteiger partial charge in [-0.3, -0.25) is 9.36 Å². The first-order valence-electron chi connectivity index (χ1n) is 5.09. The number of rotatable bonds is 4. The van der Waals surface area contributed by atoms with Crippen LogP contribution in [-0.4, -0.2) is 31.6 Å². The summed E-state index contributed by atoms with van der Waals surface area (Å²) in [5.74, 6) is -0.907. The van der Waals surface area contributed by atoms with E-state index in [0.717, 1.165) is 27.5 Å². The van der Waals surface area contributed by atoms with Crippen molar-refractivity contribution in [3.63, 3.8) is 0 Å². The number of nitrogens with zero attached hydrogens (tertiary/aromatic N) is 3. The van der Waals surface area contributed by atoms with E-state index in [1.165, 1.54) is 0 Å². The third-order valence-corrected chi connectivity index (χ3v) is 3.68. The van der Waals surface area contributed by atoms with Crippen molar-refractivity contribution in [2.24, 2.45) is 0 Å². The van der Waals surface area contributed by atoms with Gasteiger partial charge in [-0.2, -0.15) is 0 Å². The predicted octanol–water partition coefficient (Wildman–Crippen LogP) is 2.51. The van der Waals surface area contributed by atoms with Gasteiger partial charge in [0.25, 0.3) is 0 Å². The normalized spacial score (nSPS) is 10.6. The highest BCUT2D eigenvalue weighted by Gasteiger charge is 2.11. The van der Waals surface area contributed by atoms with E-state index in [4.69, 9.17) is 5.11 Å². The molecule has 2 aromatic rings. The highest BCUT2D eigenvalue weighted by Crippen LogP contribution is 2.23. The summed E-state index contributed by atoms with van der Waals surface area (Å²) in [5.41, 5.74) is 2.00. The molecule has 1 heterocycles. The average molecular weight is 328 g/mol. The molecule has 0 saturated carbocycles. The number of hydrogen-bond donors (Lipinski definition) is 1. The van der Waals surface area contributed by atoms with Crippen LogP contribution in [0.4, 0.5) is 0 Å². The Morgan fingerprint density at radius 1 is 1.56 bits per heavy atom. The predicted molar refractivity (Wildman–Crippen MR) is 72.2 cm³/mol. The topological polar surface area (TPSA) is 68.0 Å². The Kier molecular flexibility index (Phi) is 4.03. The zero-order chi connectivity index (χ0) is 13.1. The van der Waals surface area contributed by atoms with Crippen molar-refractivity contribution in [3.8, 4) is 5.69 Å². The van der Waals surface area contributed by atoms with Crippen LogP contribution in [0.2, 0.25) is 0 Å². The van der Waals surface area contributed by atoms with E-state index >= 15 is 0 Å². The molecule has 0 aliphatic carbocycles. The summed E-state index contributed by atoms with van der Waals surface area (Å²) in [6, 6.07) is 5.85. The number of aromatic nitrogens is 3. The lowest BCUT2D eigenvalue weighted by atomic mass is 10.2. The molecular weight excluding hydrogens is 318 g/mol. The second kappa shape index (κ2) is 5.53. The minimum atomic E-state index is -0.873. The van der Waals surface area contributed by atoms with Gasteiger partial charge in [-0.1, -0.05) is 27.7 Å². The molecule has 18 heavy (non-hydrogen) atoms. The van der Waals surface area contributed by atoms with Gasteiger partial charge in [0.1, 0.15) is 6.33 Å². The van der Waals surface area contributed by atoms with E-state index in [1.807, 2.05) is 25.1 Å². The third-order valence-electron chi connectivity index (χ3n) is 2.26. The van der Waals surface area contributed by atoms with E-state index in [1.54, 1.807) is 10.9 Å². The molecule has 2 rings (SSSR count). The lowest BCUT2D eigenvalue weighted by Gasteiger charge is -2.09. The van der Waals surface area contributed by atoms with E-state index in [2.05, 4.69) is 26.1 Å². The lowest BCUT2D eigenvalue weighted by Crippen LogP contribution is -2.02. The smallest absolute Gasteiger partial charge is 0.313 e. The molecule has 1 aromatic carbocycles. The van der Waals surface area contributed by atoms with E-state index in [-0.39, 0.29) is 5.75 Å². The van der Waals surface area contributed by atoms with Crippen LogP contribution in [0.15, 0.2) is 34.2 Å². The Balaban J connectivity index is 2.33. The second-order valence-corrected chi connectivity index (χ2v) is 5.45. The molecule has 7 heteroatoms. The first kappa shape index (κ1) is 13.1. The van der Waals surface area contributed by atoms with E-state index in [0.29, 0.717) is 5.16 Å². The van der Waals surface area contributed by atoms with Crippen molar-refractivity contribution in [2.45, 2.75) is 12.1 Å². The summed E-state index contributed by atoms with van der Waals surface area (Å²) in [4.78, 5) is 10.6. The lowest BCUT2D eigenvalue weighted by molar-refractivity contribution is -0.133. The van der Waals surface area contributed by atoms with Gasteiger partial charge < -0.3 is 5.11 Å². The molecule has 0 amide bonds. The Morgan fingerprint density at radius 2 is 2.33 bits per heavy atom. The number of benzene rings is 1. The summed E-state index contributed by atoms with van der Waals surface area (Å²) in [7, 11) is 0. The maximum atomic E-state index is 10.6. The summed E-state index contributed by atoms with van der Waals surface area (Å²) in [6.45, 7) is 1.98. The van der Waals surface area contributed by atoms with Crippen molar-refractivity contribution >= 4 is 33.7 Å².